The van der Waals surface area contributed by atoms with Gasteiger partial charge in [-0.3, -0.25) is 0 Å². The Morgan fingerprint density at radius 1 is 1.50 bits per heavy atom. The average Bonchev–Trinajstić information content (AvgIpc) is 1.88. The molecule has 0 aliphatic carbocycles. The van der Waals surface area contributed by atoms with Crippen LogP contribution in [0.15, 0.2) is 22.7 Å². The van der Waals surface area contributed by atoms with Crippen molar-refractivity contribution >= 4 is 41.8 Å². The molecule has 3 heteroatoms. The monoisotopic (exact) mass is 316 g/mol. The quantitative estimate of drug-likeness (QED) is 0.702. The molecule has 1 rings (SSSR count). The van der Waals surface area contributed by atoms with E-state index in [0.29, 0.717) is 0 Å². The van der Waals surface area contributed by atoms with Gasteiger partial charge in [0.05, 0.1) is 0 Å². The molecule has 0 aliphatic heterocycles. The van der Waals surface area contributed by atoms with Crippen LogP contribution in [-0.4, -0.2) is 29.4 Å². The third kappa shape index (κ3) is 1.88. The minimum absolute atomic E-state index is 0.956. The van der Waals surface area contributed by atoms with Crippen molar-refractivity contribution in [2.45, 2.75) is 0 Å². The van der Waals surface area contributed by atoms with Gasteiger partial charge in [-0.05, 0) is 0 Å². The van der Waals surface area contributed by atoms with Gasteiger partial charge in [-0.2, -0.15) is 0 Å². The first kappa shape index (κ1) is 8.39. The Morgan fingerprint density at radius 3 is 2.70 bits per heavy atom. The molecular formula is C7H7BrOTe. The summed E-state index contributed by atoms with van der Waals surface area (Å²) in [5.41, 5.74) is 0. The average molecular weight is 315 g/mol. The summed E-state index contributed by atoms with van der Waals surface area (Å²) in [5, 5.41) is 0. The van der Waals surface area contributed by atoms with Gasteiger partial charge in [-0.1, -0.05) is 0 Å². The van der Waals surface area contributed by atoms with E-state index in [1.165, 1.54) is 3.61 Å². The molecule has 0 spiro atoms. The number of hydrogen-bond donors (Lipinski definition) is 0. The van der Waals surface area contributed by atoms with Crippen LogP contribution in [0.2, 0.25) is 0 Å². The Hall–Kier alpha value is 0.290. The van der Waals surface area contributed by atoms with Crippen LogP contribution in [0.25, 0.3) is 0 Å². The van der Waals surface area contributed by atoms with E-state index in [1.54, 1.807) is 29.4 Å². The maximum absolute atomic E-state index is 5.09. The first-order valence-corrected chi connectivity index (χ1v) is 4.83. The fourth-order valence-corrected chi connectivity index (χ4v) is 2.42. The van der Waals surface area contributed by atoms with Gasteiger partial charge in [0, 0.05) is 0 Å². The van der Waals surface area contributed by atoms with Crippen LogP contribution in [-0.2, 0) is 0 Å². The van der Waals surface area contributed by atoms with Gasteiger partial charge in [0.15, 0.2) is 0 Å². The molecule has 0 bridgehead atoms. The van der Waals surface area contributed by atoms with Crippen molar-refractivity contribution in [3.63, 3.8) is 0 Å². The topological polar surface area (TPSA) is 9.23 Å². The number of halogens is 1. The summed E-state index contributed by atoms with van der Waals surface area (Å²) in [6.45, 7) is 0. The SMILES string of the molecule is COc1ccc(Br)cc1[TeH]. The van der Waals surface area contributed by atoms with Crippen molar-refractivity contribution in [2.24, 2.45) is 0 Å². The predicted molar refractivity (Wildman–Crippen MR) is 47.5 cm³/mol. The summed E-state index contributed by atoms with van der Waals surface area (Å²) >= 11 is 5.04. The van der Waals surface area contributed by atoms with Crippen LogP contribution in [0.3, 0.4) is 0 Å². The van der Waals surface area contributed by atoms with E-state index in [4.69, 9.17) is 4.74 Å². The number of hydrogen-bond acceptors (Lipinski definition) is 1. The van der Waals surface area contributed by atoms with Gasteiger partial charge in [-0.15, -0.1) is 0 Å². The molecule has 0 radical (unpaired) electrons. The van der Waals surface area contributed by atoms with E-state index < -0.39 is 0 Å². The molecule has 0 aromatic heterocycles. The second-order valence-corrected chi connectivity index (χ2v) is 4.11. The molecule has 0 saturated carbocycles. The van der Waals surface area contributed by atoms with E-state index in [1.807, 2.05) is 18.2 Å². The molecule has 0 heterocycles. The van der Waals surface area contributed by atoms with E-state index in [0.717, 1.165) is 10.2 Å². The molecule has 0 saturated heterocycles. The Bertz CT molecular complexity index is 237. The molecule has 0 N–H and O–H groups in total. The molecule has 0 amide bonds. The Labute approximate surface area is 81.8 Å². The predicted octanol–water partition coefficient (Wildman–Crippen LogP) is 0.984. The molecule has 0 atom stereocenters. The molecule has 10 heavy (non-hydrogen) atoms. The molecule has 1 aromatic carbocycles. The standard InChI is InChI=1S/C7H7BrOTe/c1-9-6-3-2-5(8)4-7(6)10/h2-4,10H,1H3. The zero-order chi connectivity index (χ0) is 7.56. The van der Waals surface area contributed by atoms with Gasteiger partial charge < -0.3 is 0 Å². The minimum atomic E-state index is 0.956. The molecular weight excluding hydrogens is 308 g/mol. The van der Waals surface area contributed by atoms with Gasteiger partial charge in [-0.25, -0.2) is 0 Å². The third-order valence-electron chi connectivity index (χ3n) is 1.14. The summed E-state index contributed by atoms with van der Waals surface area (Å²) < 4.78 is 7.39. The number of methoxy groups -OCH3 is 1. The first-order chi connectivity index (χ1) is 4.74. The van der Waals surface area contributed by atoms with Crippen LogP contribution >= 0.6 is 15.9 Å². The number of rotatable bonds is 1. The van der Waals surface area contributed by atoms with Crippen molar-refractivity contribution < 1.29 is 4.74 Å². The summed E-state index contributed by atoms with van der Waals surface area (Å²) in [6, 6.07) is 5.98. The Morgan fingerprint density at radius 2 is 2.20 bits per heavy atom. The zero-order valence-electron chi connectivity index (χ0n) is 5.47. The fraction of sp³-hybridized carbons (Fsp3) is 0.143. The van der Waals surface area contributed by atoms with E-state index in [-0.39, 0.29) is 0 Å². The normalized spacial score (nSPS) is 9.50. The second kappa shape index (κ2) is 3.61. The number of benzene rings is 1. The van der Waals surface area contributed by atoms with Gasteiger partial charge in [0.1, 0.15) is 0 Å². The molecule has 0 unspecified atom stereocenters. The number of ether oxygens (including phenoxy) is 1. The van der Waals surface area contributed by atoms with Crippen LogP contribution in [0.4, 0.5) is 0 Å². The molecule has 0 fully saturated rings. The fourth-order valence-electron chi connectivity index (χ4n) is 0.663. The summed E-state index contributed by atoms with van der Waals surface area (Å²) in [5.74, 6) is 0.956. The van der Waals surface area contributed by atoms with Crippen LogP contribution in [0.1, 0.15) is 0 Å². The Kier molecular flexibility index (Phi) is 3.03. The molecule has 1 aromatic rings. The van der Waals surface area contributed by atoms with Crippen molar-refractivity contribution in [3.05, 3.63) is 22.7 Å². The molecule has 0 aliphatic rings. The summed E-state index contributed by atoms with van der Waals surface area (Å²) in [6.07, 6.45) is 0. The Balaban J connectivity index is 3.07. The first-order valence-electron chi connectivity index (χ1n) is 2.76. The zero-order valence-corrected chi connectivity index (χ0v) is 9.60. The van der Waals surface area contributed by atoms with Crippen LogP contribution < -0.4 is 8.35 Å². The van der Waals surface area contributed by atoms with Crippen molar-refractivity contribution in [3.8, 4) is 5.75 Å². The van der Waals surface area contributed by atoms with Crippen molar-refractivity contribution in [1.29, 1.82) is 0 Å². The van der Waals surface area contributed by atoms with Gasteiger partial charge in [0.25, 0.3) is 0 Å². The van der Waals surface area contributed by atoms with Crippen molar-refractivity contribution in [2.75, 3.05) is 7.11 Å². The van der Waals surface area contributed by atoms with Crippen molar-refractivity contribution in [1.82, 2.24) is 0 Å². The maximum atomic E-state index is 5.09. The van der Waals surface area contributed by atoms with Gasteiger partial charge in [0.2, 0.25) is 0 Å². The second-order valence-electron chi connectivity index (χ2n) is 1.82. The van der Waals surface area contributed by atoms with Crippen LogP contribution in [0, 0.1) is 0 Å². The molecule has 1 nitrogen and oxygen atoms in total. The van der Waals surface area contributed by atoms with E-state index in [2.05, 4.69) is 15.9 Å². The van der Waals surface area contributed by atoms with E-state index in [9.17, 15) is 0 Å². The van der Waals surface area contributed by atoms with E-state index >= 15 is 0 Å². The van der Waals surface area contributed by atoms with Crippen LogP contribution in [0.5, 0.6) is 5.75 Å². The summed E-state index contributed by atoms with van der Waals surface area (Å²) in [4.78, 5) is 0. The van der Waals surface area contributed by atoms with Gasteiger partial charge >= 0.3 is 82.1 Å². The summed E-state index contributed by atoms with van der Waals surface area (Å²) in [7, 11) is 1.68. The third-order valence-corrected chi connectivity index (χ3v) is 2.63. The molecule has 54 valence electrons.